The summed E-state index contributed by atoms with van der Waals surface area (Å²) in [6.07, 6.45) is -2.59. The maximum absolute atomic E-state index is 13.3. The van der Waals surface area contributed by atoms with Crippen LogP contribution in [0.5, 0.6) is 0 Å². The number of carbonyl (C=O) groups is 1. The van der Waals surface area contributed by atoms with Gasteiger partial charge in [0.05, 0.1) is 6.54 Å². The molecule has 0 aliphatic rings. The molecule has 0 spiro atoms. The van der Waals surface area contributed by atoms with Crippen molar-refractivity contribution in [3.05, 3.63) is 59.7 Å². The third kappa shape index (κ3) is 5.79. The number of thioether (sulfide) groups is 1. The molecule has 0 bridgehead atoms. The van der Waals surface area contributed by atoms with Gasteiger partial charge in [-0.15, -0.1) is 11.8 Å². The molecule has 0 aromatic heterocycles. The lowest BCUT2D eigenvalue weighted by atomic mass is 10.0. The molecule has 1 amide bonds. The van der Waals surface area contributed by atoms with Crippen molar-refractivity contribution in [2.45, 2.75) is 24.0 Å². The minimum Gasteiger partial charge on any atom is -0.325 e. The predicted molar refractivity (Wildman–Crippen MR) is 94.8 cm³/mol. The third-order valence-corrected chi connectivity index (χ3v) is 4.28. The summed E-state index contributed by atoms with van der Waals surface area (Å²) in [4.78, 5) is 12.9. The Kier molecular flexibility index (Phi) is 6.50. The Hall–Kier alpha value is -1.99. The molecule has 134 valence electrons. The average Bonchev–Trinajstić information content (AvgIpc) is 2.55. The quantitative estimate of drug-likeness (QED) is 0.735. The lowest BCUT2D eigenvalue weighted by molar-refractivity contribution is -0.158. The van der Waals surface area contributed by atoms with Gasteiger partial charge in [-0.05, 0) is 36.9 Å². The smallest absolute Gasteiger partial charge is 0.325 e. The Morgan fingerprint density at radius 1 is 1.16 bits per heavy atom. The first kappa shape index (κ1) is 19.3. The Morgan fingerprint density at radius 2 is 1.84 bits per heavy atom. The van der Waals surface area contributed by atoms with Crippen LogP contribution in [0.3, 0.4) is 0 Å². The molecule has 0 unspecified atom stereocenters. The molecule has 25 heavy (non-hydrogen) atoms. The van der Waals surface area contributed by atoms with Gasteiger partial charge in [-0.2, -0.15) is 13.2 Å². The second kappa shape index (κ2) is 8.40. The van der Waals surface area contributed by atoms with Crippen molar-refractivity contribution in [1.82, 2.24) is 5.32 Å². The van der Waals surface area contributed by atoms with Gasteiger partial charge >= 0.3 is 6.18 Å². The van der Waals surface area contributed by atoms with Gasteiger partial charge in [0, 0.05) is 10.6 Å². The molecule has 0 radical (unpaired) electrons. The number of rotatable bonds is 6. The van der Waals surface area contributed by atoms with Crippen molar-refractivity contribution < 1.29 is 18.0 Å². The fourth-order valence-corrected chi connectivity index (χ4v) is 2.74. The second-order valence-corrected chi connectivity index (χ2v) is 6.43. The Bertz CT molecular complexity index is 717. The third-order valence-electron chi connectivity index (χ3n) is 3.56. The fourth-order valence-electron chi connectivity index (χ4n) is 2.28. The molecule has 2 aromatic rings. The number of benzene rings is 2. The van der Waals surface area contributed by atoms with Crippen molar-refractivity contribution in [3.63, 3.8) is 0 Å². The van der Waals surface area contributed by atoms with E-state index >= 15 is 0 Å². The summed E-state index contributed by atoms with van der Waals surface area (Å²) < 4.78 is 39.9. The number of halogens is 3. The highest BCUT2D eigenvalue weighted by molar-refractivity contribution is 7.98. The van der Waals surface area contributed by atoms with Gasteiger partial charge in [-0.25, -0.2) is 0 Å². The van der Waals surface area contributed by atoms with Gasteiger partial charge in [-0.3, -0.25) is 10.1 Å². The molecule has 0 heterocycles. The topological polar surface area (TPSA) is 41.1 Å². The summed E-state index contributed by atoms with van der Waals surface area (Å²) in [7, 11) is 0. The molecular formula is C18H19F3N2OS. The van der Waals surface area contributed by atoms with Gasteiger partial charge in [0.25, 0.3) is 0 Å². The normalized spacial score (nSPS) is 12.7. The Morgan fingerprint density at radius 3 is 2.44 bits per heavy atom. The van der Waals surface area contributed by atoms with Crippen LogP contribution in [-0.2, 0) is 4.79 Å². The van der Waals surface area contributed by atoms with E-state index < -0.39 is 24.7 Å². The minimum atomic E-state index is -4.49. The van der Waals surface area contributed by atoms with Crippen LogP contribution >= 0.6 is 11.8 Å². The highest BCUT2D eigenvalue weighted by atomic mass is 32.2. The van der Waals surface area contributed by atoms with Gasteiger partial charge in [0.1, 0.15) is 6.04 Å². The average molecular weight is 368 g/mol. The zero-order valence-electron chi connectivity index (χ0n) is 13.9. The molecule has 0 saturated heterocycles. The number of alkyl halides is 3. The lowest BCUT2D eigenvalue weighted by Gasteiger charge is -2.22. The van der Waals surface area contributed by atoms with Crippen LogP contribution in [0.2, 0.25) is 0 Å². The van der Waals surface area contributed by atoms with E-state index in [4.69, 9.17) is 0 Å². The minimum absolute atomic E-state index is 0.0790. The number of hydrogen-bond acceptors (Lipinski definition) is 3. The lowest BCUT2D eigenvalue weighted by Crippen LogP contribution is -2.38. The molecule has 3 nitrogen and oxygen atoms in total. The second-order valence-electron chi connectivity index (χ2n) is 5.55. The summed E-state index contributed by atoms with van der Waals surface area (Å²) in [6, 6.07) is 11.3. The highest BCUT2D eigenvalue weighted by Crippen LogP contribution is 2.32. The van der Waals surface area contributed by atoms with Gasteiger partial charge < -0.3 is 5.32 Å². The maximum atomic E-state index is 13.3. The summed E-state index contributed by atoms with van der Waals surface area (Å²) in [5.41, 5.74) is 1.50. The zero-order valence-corrected chi connectivity index (χ0v) is 14.7. The molecule has 2 N–H and O–H groups in total. The summed E-state index contributed by atoms with van der Waals surface area (Å²) in [5.74, 6) is -0.528. The van der Waals surface area contributed by atoms with E-state index in [1.165, 1.54) is 23.9 Å². The summed E-state index contributed by atoms with van der Waals surface area (Å²) >= 11 is 1.51. The van der Waals surface area contributed by atoms with Crippen LogP contribution in [-0.4, -0.2) is 24.9 Å². The molecule has 0 fully saturated rings. The van der Waals surface area contributed by atoms with Crippen molar-refractivity contribution in [3.8, 4) is 0 Å². The van der Waals surface area contributed by atoms with E-state index in [0.717, 1.165) is 10.5 Å². The van der Waals surface area contributed by atoms with Gasteiger partial charge in [-0.1, -0.05) is 35.9 Å². The van der Waals surface area contributed by atoms with Crippen molar-refractivity contribution in [2.75, 3.05) is 18.1 Å². The molecule has 7 heteroatoms. The molecule has 0 aliphatic heterocycles. The first-order valence-electron chi connectivity index (χ1n) is 7.60. The van der Waals surface area contributed by atoms with Crippen LogP contribution in [0, 0.1) is 6.92 Å². The SMILES string of the molecule is CSc1cccc(NC(=O)CN[C@H](c2ccc(C)cc2)C(F)(F)F)c1. The number of anilines is 1. The van der Waals surface area contributed by atoms with Crippen LogP contribution in [0.1, 0.15) is 17.2 Å². The van der Waals surface area contributed by atoms with E-state index in [9.17, 15) is 18.0 Å². The zero-order chi connectivity index (χ0) is 18.4. The van der Waals surface area contributed by atoms with Crippen molar-refractivity contribution in [1.29, 1.82) is 0 Å². The number of hydrogen-bond donors (Lipinski definition) is 2. The van der Waals surface area contributed by atoms with E-state index in [1.807, 2.05) is 12.3 Å². The monoisotopic (exact) mass is 368 g/mol. The molecule has 2 aromatic carbocycles. The van der Waals surface area contributed by atoms with Crippen LogP contribution in [0.25, 0.3) is 0 Å². The Balaban J connectivity index is 2.02. The van der Waals surface area contributed by atoms with Crippen LogP contribution in [0.4, 0.5) is 18.9 Å². The number of carbonyl (C=O) groups excluding carboxylic acids is 1. The summed E-state index contributed by atoms with van der Waals surface area (Å²) in [5, 5.41) is 4.90. The molecule has 1 atom stereocenters. The van der Waals surface area contributed by atoms with Crippen LogP contribution in [0.15, 0.2) is 53.4 Å². The highest BCUT2D eigenvalue weighted by Gasteiger charge is 2.40. The van der Waals surface area contributed by atoms with E-state index in [1.54, 1.807) is 37.3 Å². The van der Waals surface area contributed by atoms with Gasteiger partial charge in [0.2, 0.25) is 5.91 Å². The van der Waals surface area contributed by atoms with E-state index in [2.05, 4.69) is 10.6 Å². The first-order valence-corrected chi connectivity index (χ1v) is 8.82. The predicted octanol–water partition coefficient (Wildman–Crippen LogP) is 4.55. The number of nitrogens with one attached hydrogen (secondary N) is 2. The maximum Gasteiger partial charge on any atom is 0.407 e. The van der Waals surface area contributed by atoms with Crippen LogP contribution < -0.4 is 10.6 Å². The largest absolute Gasteiger partial charge is 0.407 e. The van der Waals surface area contributed by atoms with E-state index in [-0.39, 0.29) is 5.56 Å². The molecule has 0 aliphatic carbocycles. The fraction of sp³-hybridized carbons (Fsp3) is 0.278. The molecule has 0 saturated carbocycles. The molecule has 2 rings (SSSR count). The van der Waals surface area contributed by atoms with Gasteiger partial charge in [0.15, 0.2) is 0 Å². The van der Waals surface area contributed by atoms with Crippen molar-refractivity contribution in [2.24, 2.45) is 0 Å². The number of aryl methyl sites for hydroxylation is 1. The number of amides is 1. The molecular weight excluding hydrogens is 349 g/mol. The van der Waals surface area contributed by atoms with E-state index in [0.29, 0.717) is 5.69 Å². The standard InChI is InChI=1S/C18H19F3N2OS/c1-12-6-8-13(9-7-12)17(18(19,20)21)22-11-16(24)23-14-4-3-5-15(10-14)25-2/h3-10,17,22H,11H2,1-2H3,(H,23,24)/t17-/m1/s1. The Labute approximate surface area is 149 Å². The first-order chi connectivity index (χ1) is 11.8. The van der Waals surface area contributed by atoms with Crippen molar-refractivity contribution >= 4 is 23.4 Å². The summed E-state index contributed by atoms with van der Waals surface area (Å²) in [6.45, 7) is 1.36.